The normalized spacial score (nSPS) is 12.1. The third-order valence-corrected chi connectivity index (χ3v) is 3.80. The first-order chi connectivity index (χ1) is 10.7. The summed E-state index contributed by atoms with van der Waals surface area (Å²) < 4.78 is 5.75. The van der Waals surface area contributed by atoms with Crippen LogP contribution in [0, 0.1) is 0 Å². The van der Waals surface area contributed by atoms with Crippen LogP contribution in [0.5, 0.6) is 5.75 Å². The molecule has 0 amide bonds. The van der Waals surface area contributed by atoms with Crippen molar-refractivity contribution in [2.45, 2.75) is 32.5 Å². The Balaban J connectivity index is 1.82. The van der Waals surface area contributed by atoms with E-state index in [9.17, 15) is 0 Å². The molecule has 2 rings (SSSR count). The number of hydrogen-bond acceptors (Lipinski definition) is 3. The number of hydrogen-bond donors (Lipinski definition) is 2. The molecule has 4 heteroatoms. The number of aliphatic hydroxyl groups excluding tert-OH is 1. The van der Waals surface area contributed by atoms with Gasteiger partial charge in [-0.15, -0.1) is 0 Å². The van der Waals surface area contributed by atoms with Gasteiger partial charge in [0.05, 0.1) is 6.61 Å². The molecule has 3 nitrogen and oxygen atoms in total. The van der Waals surface area contributed by atoms with E-state index in [0.29, 0.717) is 6.61 Å². The van der Waals surface area contributed by atoms with E-state index in [4.69, 9.17) is 21.4 Å². The summed E-state index contributed by atoms with van der Waals surface area (Å²) in [6.45, 7) is 3.49. The van der Waals surface area contributed by atoms with Gasteiger partial charge in [-0.1, -0.05) is 42.8 Å². The van der Waals surface area contributed by atoms with E-state index in [1.54, 1.807) is 0 Å². The molecule has 2 N–H and O–H groups in total. The highest BCUT2D eigenvalue weighted by atomic mass is 35.5. The number of nitrogens with one attached hydrogen (secondary N) is 1. The van der Waals surface area contributed by atoms with Crippen molar-refractivity contribution in [2.24, 2.45) is 0 Å². The predicted molar refractivity (Wildman–Crippen MR) is 90.2 cm³/mol. The second-order valence-corrected chi connectivity index (χ2v) is 5.66. The van der Waals surface area contributed by atoms with Crippen molar-refractivity contribution in [1.82, 2.24) is 5.32 Å². The van der Waals surface area contributed by atoms with Crippen LogP contribution in [0.25, 0.3) is 0 Å². The molecule has 118 valence electrons. The summed E-state index contributed by atoms with van der Waals surface area (Å²) in [5.41, 5.74) is 2.26. The van der Waals surface area contributed by atoms with Gasteiger partial charge in [-0.2, -0.15) is 0 Å². The molecule has 0 heterocycles. The van der Waals surface area contributed by atoms with Crippen LogP contribution in [0.3, 0.4) is 0 Å². The van der Waals surface area contributed by atoms with Crippen molar-refractivity contribution in [3.05, 3.63) is 64.7 Å². The molecular formula is C18H22ClNO2. The Hall–Kier alpha value is -1.55. The average Bonchev–Trinajstić information content (AvgIpc) is 2.56. The minimum Gasteiger partial charge on any atom is -0.489 e. The van der Waals surface area contributed by atoms with Gasteiger partial charge in [-0.25, -0.2) is 0 Å². The summed E-state index contributed by atoms with van der Waals surface area (Å²) in [4.78, 5) is 0. The Kier molecular flexibility index (Phi) is 6.72. The zero-order chi connectivity index (χ0) is 15.8. The summed E-state index contributed by atoms with van der Waals surface area (Å²) in [7, 11) is 0. The Morgan fingerprint density at radius 1 is 1.05 bits per heavy atom. The molecule has 2 aromatic carbocycles. The molecule has 22 heavy (non-hydrogen) atoms. The Labute approximate surface area is 136 Å². The topological polar surface area (TPSA) is 41.5 Å². The number of ether oxygens (including phenoxy) is 1. The maximum Gasteiger partial charge on any atom is 0.119 e. The second kappa shape index (κ2) is 8.79. The van der Waals surface area contributed by atoms with Crippen LogP contribution in [-0.2, 0) is 13.2 Å². The smallest absolute Gasteiger partial charge is 0.119 e. The molecule has 0 bridgehead atoms. The van der Waals surface area contributed by atoms with E-state index in [1.165, 1.54) is 5.56 Å². The fraction of sp³-hybridized carbons (Fsp3) is 0.333. The lowest BCUT2D eigenvalue weighted by atomic mass is 10.2. The third kappa shape index (κ3) is 5.34. The molecule has 1 unspecified atom stereocenters. The van der Waals surface area contributed by atoms with Crippen LogP contribution < -0.4 is 10.1 Å². The Morgan fingerprint density at radius 2 is 1.68 bits per heavy atom. The summed E-state index contributed by atoms with van der Waals surface area (Å²) in [5, 5.41) is 13.2. The van der Waals surface area contributed by atoms with Crippen molar-refractivity contribution in [2.75, 3.05) is 6.61 Å². The molecule has 0 radical (unpaired) electrons. The van der Waals surface area contributed by atoms with Gasteiger partial charge >= 0.3 is 0 Å². The van der Waals surface area contributed by atoms with Gasteiger partial charge < -0.3 is 15.2 Å². The van der Waals surface area contributed by atoms with Crippen molar-refractivity contribution in [1.29, 1.82) is 0 Å². The summed E-state index contributed by atoms with van der Waals surface area (Å²) in [5.74, 6) is 0.841. The molecular weight excluding hydrogens is 298 g/mol. The molecule has 0 aliphatic heterocycles. The van der Waals surface area contributed by atoms with Crippen molar-refractivity contribution in [3.63, 3.8) is 0 Å². The minimum absolute atomic E-state index is 0.154. The maximum absolute atomic E-state index is 9.15. The van der Waals surface area contributed by atoms with Crippen LogP contribution in [0.4, 0.5) is 0 Å². The molecule has 0 aliphatic rings. The zero-order valence-corrected chi connectivity index (χ0v) is 13.5. The van der Waals surface area contributed by atoms with Crippen LogP contribution >= 0.6 is 11.6 Å². The highest BCUT2D eigenvalue weighted by molar-refractivity contribution is 6.30. The zero-order valence-electron chi connectivity index (χ0n) is 12.8. The van der Waals surface area contributed by atoms with Crippen molar-refractivity contribution in [3.8, 4) is 5.75 Å². The number of benzene rings is 2. The van der Waals surface area contributed by atoms with Gasteiger partial charge in [0, 0.05) is 17.6 Å². The summed E-state index contributed by atoms with van der Waals surface area (Å²) in [6.07, 6.45) is 0.915. The standard InChI is InChI=1S/C18H22ClNO2/c1-2-17(12-21)20-11-14-5-9-18(10-6-14)22-13-15-3-7-16(19)8-4-15/h3-10,17,20-21H,2,11-13H2,1H3. The monoisotopic (exact) mass is 319 g/mol. The first-order valence-electron chi connectivity index (χ1n) is 7.51. The number of halogens is 1. The lowest BCUT2D eigenvalue weighted by molar-refractivity contribution is 0.238. The molecule has 0 saturated carbocycles. The number of aliphatic hydroxyl groups is 1. The second-order valence-electron chi connectivity index (χ2n) is 5.23. The largest absolute Gasteiger partial charge is 0.489 e. The van der Waals surface area contributed by atoms with E-state index >= 15 is 0 Å². The first kappa shape index (κ1) is 16.8. The molecule has 0 aliphatic carbocycles. The molecule has 2 aromatic rings. The minimum atomic E-state index is 0.154. The molecule has 0 spiro atoms. The lowest BCUT2D eigenvalue weighted by Gasteiger charge is -2.14. The third-order valence-electron chi connectivity index (χ3n) is 3.55. The summed E-state index contributed by atoms with van der Waals surface area (Å²) >= 11 is 5.86. The highest BCUT2D eigenvalue weighted by Crippen LogP contribution is 2.15. The van der Waals surface area contributed by atoms with E-state index < -0.39 is 0 Å². The van der Waals surface area contributed by atoms with Crippen LogP contribution in [0.15, 0.2) is 48.5 Å². The Morgan fingerprint density at radius 3 is 2.27 bits per heavy atom. The maximum atomic E-state index is 9.15. The van der Waals surface area contributed by atoms with Gasteiger partial charge in [0.1, 0.15) is 12.4 Å². The fourth-order valence-corrected chi connectivity index (χ4v) is 2.18. The van der Waals surface area contributed by atoms with Crippen LogP contribution in [0.2, 0.25) is 5.02 Å². The molecule has 1 atom stereocenters. The van der Waals surface area contributed by atoms with Gasteiger partial charge in [0.2, 0.25) is 0 Å². The van der Waals surface area contributed by atoms with Gasteiger partial charge in [-0.05, 0) is 41.8 Å². The fourth-order valence-electron chi connectivity index (χ4n) is 2.05. The van der Waals surface area contributed by atoms with Crippen LogP contribution in [-0.4, -0.2) is 17.8 Å². The van der Waals surface area contributed by atoms with Crippen molar-refractivity contribution >= 4 is 11.6 Å². The highest BCUT2D eigenvalue weighted by Gasteiger charge is 2.03. The van der Waals surface area contributed by atoms with Crippen LogP contribution in [0.1, 0.15) is 24.5 Å². The van der Waals surface area contributed by atoms with Gasteiger partial charge in [0.25, 0.3) is 0 Å². The quantitative estimate of drug-likeness (QED) is 0.778. The van der Waals surface area contributed by atoms with E-state index in [0.717, 1.165) is 29.3 Å². The van der Waals surface area contributed by atoms with E-state index in [-0.39, 0.29) is 12.6 Å². The molecule has 0 saturated heterocycles. The Bertz CT molecular complexity index is 550. The lowest BCUT2D eigenvalue weighted by Crippen LogP contribution is -2.31. The number of rotatable bonds is 8. The first-order valence-corrected chi connectivity index (χ1v) is 7.89. The van der Waals surface area contributed by atoms with Gasteiger partial charge in [0.15, 0.2) is 0 Å². The summed E-state index contributed by atoms with van der Waals surface area (Å²) in [6, 6.07) is 15.8. The molecule has 0 fully saturated rings. The van der Waals surface area contributed by atoms with Gasteiger partial charge in [-0.3, -0.25) is 0 Å². The van der Waals surface area contributed by atoms with E-state index in [2.05, 4.69) is 12.2 Å². The molecule has 0 aromatic heterocycles. The average molecular weight is 320 g/mol. The SMILES string of the molecule is CCC(CO)NCc1ccc(OCc2ccc(Cl)cc2)cc1. The predicted octanol–water partition coefficient (Wildman–Crippen LogP) is 3.78. The van der Waals surface area contributed by atoms with Crippen molar-refractivity contribution < 1.29 is 9.84 Å². The van der Waals surface area contributed by atoms with E-state index in [1.807, 2.05) is 48.5 Å².